The van der Waals surface area contributed by atoms with Crippen molar-refractivity contribution < 1.29 is 0 Å². The van der Waals surface area contributed by atoms with Gasteiger partial charge in [0.2, 0.25) is 0 Å². The van der Waals surface area contributed by atoms with E-state index in [1.165, 1.54) is 12.4 Å². The maximum Gasteiger partial charge on any atom is 0.258 e. The van der Waals surface area contributed by atoms with E-state index in [1.54, 1.807) is 6.07 Å². The van der Waals surface area contributed by atoms with Crippen LogP contribution in [0.5, 0.6) is 0 Å². The van der Waals surface area contributed by atoms with Crippen molar-refractivity contribution >= 4 is 35.8 Å². The van der Waals surface area contributed by atoms with Crippen molar-refractivity contribution in [2.75, 3.05) is 0 Å². The average Bonchev–Trinajstić information content (AvgIpc) is 2.09. The molecule has 1 N–H and O–H groups in total. The number of rotatable bonds is 0. The minimum atomic E-state index is -0.216. The van der Waals surface area contributed by atoms with E-state index in [1.807, 2.05) is 0 Å². The largest absolute Gasteiger partial charge is 0.313 e. The fourth-order valence-corrected chi connectivity index (χ4v) is 1.27. The molecule has 0 bridgehead atoms. The second-order valence-electron chi connectivity index (χ2n) is 2.62. The molecule has 0 aliphatic carbocycles. The molecule has 1 aromatic heterocycles. The van der Waals surface area contributed by atoms with Crippen LogP contribution in [0.2, 0.25) is 5.02 Å². The summed E-state index contributed by atoms with van der Waals surface area (Å²) < 4.78 is 0. The lowest BCUT2D eigenvalue weighted by molar-refractivity contribution is 1.17. The SMILES string of the molecule is [B]c1cc2nc[nH]c(=O)c2cc1Cl. The third kappa shape index (κ3) is 1.33. The highest BCUT2D eigenvalue weighted by atomic mass is 35.5. The van der Waals surface area contributed by atoms with E-state index in [-0.39, 0.29) is 5.56 Å². The standard InChI is InChI=1S/C8H4BClN2O/c9-5-2-7-4(1-6(5)10)8(13)12-3-11-7/h1-3H,(H,11,12,13). The Morgan fingerprint density at radius 3 is 3.00 bits per heavy atom. The Morgan fingerprint density at radius 1 is 1.46 bits per heavy atom. The Labute approximate surface area is 80.2 Å². The topological polar surface area (TPSA) is 45.8 Å². The average molecular weight is 190 g/mol. The van der Waals surface area contributed by atoms with Crippen LogP contribution in [-0.4, -0.2) is 17.8 Å². The molecule has 5 heteroatoms. The summed E-state index contributed by atoms with van der Waals surface area (Å²) in [5.41, 5.74) is 0.754. The van der Waals surface area contributed by atoms with E-state index >= 15 is 0 Å². The Balaban J connectivity index is 2.97. The summed E-state index contributed by atoms with van der Waals surface area (Å²) in [5.74, 6) is 0. The minimum absolute atomic E-state index is 0.216. The first-order chi connectivity index (χ1) is 6.18. The highest BCUT2D eigenvalue weighted by Gasteiger charge is 2.02. The maximum absolute atomic E-state index is 11.2. The van der Waals surface area contributed by atoms with E-state index in [9.17, 15) is 4.79 Å². The maximum atomic E-state index is 11.2. The van der Waals surface area contributed by atoms with Gasteiger partial charge in [0.15, 0.2) is 0 Å². The summed E-state index contributed by atoms with van der Waals surface area (Å²) in [6.07, 6.45) is 1.33. The summed E-state index contributed by atoms with van der Waals surface area (Å²) in [4.78, 5) is 17.7. The van der Waals surface area contributed by atoms with Crippen LogP contribution in [0, 0.1) is 0 Å². The lowest BCUT2D eigenvalue weighted by Crippen LogP contribution is -2.10. The van der Waals surface area contributed by atoms with Gasteiger partial charge < -0.3 is 4.98 Å². The zero-order chi connectivity index (χ0) is 9.42. The molecule has 0 atom stereocenters. The molecule has 2 radical (unpaired) electrons. The van der Waals surface area contributed by atoms with Gasteiger partial charge in [-0.15, -0.1) is 0 Å². The summed E-state index contributed by atoms with van der Waals surface area (Å²) in [7, 11) is 5.55. The van der Waals surface area contributed by atoms with E-state index < -0.39 is 0 Å². The van der Waals surface area contributed by atoms with Gasteiger partial charge >= 0.3 is 0 Å². The predicted octanol–water partition coefficient (Wildman–Crippen LogP) is 0.370. The van der Waals surface area contributed by atoms with Crippen molar-refractivity contribution in [1.82, 2.24) is 9.97 Å². The van der Waals surface area contributed by atoms with Crippen molar-refractivity contribution in [2.45, 2.75) is 0 Å². The predicted molar refractivity (Wildman–Crippen MR) is 52.8 cm³/mol. The molecule has 0 fully saturated rings. The molecule has 1 heterocycles. The van der Waals surface area contributed by atoms with Crippen LogP contribution < -0.4 is 11.0 Å². The number of fused-ring (bicyclic) bond motifs is 1. The molecule has 0 amide bonds. The van der Waals surface area contributed by atoms with Gasteiger partial charge in [-0.1, -0.05) is 17.1 Å². The summed E-state index contributed by atoms with van der Waals surface area (Å²) >= 11 is 5.75. The Hall–Kier alpha value is -1.29. The molecular formula is C8H4BClN2O. The molecule has 0 saturated heterocycles. The van der Waals surface area contributed by atoms with Crippen LogP contribution in [0.25, 0.3) is 10.9 Å². The number of halogens is 1. The van der Waals surface area contributed by atoms with Crippen LogP contribution >= 0.6 is 11.6 Å². The number of nitrogens with one attached hydrogen (secondary N) is 1. The van der Waals surface area contributed by atoms with Gasteiger partial charge in [0.1, 0.15) is 7.85 Å². The molecule has 0 aliphatic rings. The number of H-pyrrole nitrogens is 1. The molecule has 0 spiro atoms. The van der Waals surface area contributed by atoms with E-state index in [0.29, 0.717) is 21.4 Å². The van der Waals surface area contributed by atoms with E-state index in [4.69, 9.17) is 19.4 Å². The molecule has 1 aromatic carbocycles. The smallest absolute Gasteiger partial charge is 0.258 e. The van der Waals surface area contributed by atoms with Gasteiger partial charge in [0.05, 0.1) is 17.2 Å². The zero-order valence-corrected chi connectivity index (χ0v) is 7.30. The second kappa shape index (κ2) is 2.89. The highest BCUT2D eigenvalue weighted by Crippen LogP contribution is 2.10. The molecule has 0 saturated carbocycles. The molecule has 2 aromatic rings. The third-order valence-corrected chi connectivity index (χ3v) is 2.09. The first-order valence-electron chi connectivity index (χ1n) is 3.61. The van der Waals surface area contributed by atoms with Crippen molar-refractivity contribution in [3.63, 3.8) is 0 Å². The Morgan fingerprint density at radius 2 is 2.23 bits per heavy atom. The summed E-state index contributed by atoms with van der Waals surface area (Å²) in [6.45, 7) is 0. The minimum Gasteiger partial charge on any atom is -0.313 e. The molecule has 2 rings (SSSR count). The third-order valence-electron chi connectivity index (χ3n) is 1.76. The van der Waals surface area contributed by atoms with Gasteiger partial charge in [-0.05, 0) is 12.1 Å². The lowest BCUT2D eigenvalue weighted by atomic mass is 9.95. The highest BCUT2D eigenvalue weighted by molar-refractivity contribution is 6.45. The number of aromatic nitrogens is 2. The van der Waals surface area contributed by atoms with Crippen LogP contribution in [0.4, 0.5) is 0 Å². The normalized spacial score (nSPS) is 10.5. The van der Waals surface area contributed by atoms with Crippen LogP contribution in [0.3, 0.4) is 0 Å². The zero-order valence-electron chi connectivity index (χ0n) is 6.54. The molecule has 62 valence electrons. The summed E-state index contributed by atoms with van der Waals surface area (Å²) in [6, 6.07) is 3.09. The van der Waals surface area contributed by atoms with E-state index in [0.717, 1.165) is 0 Å². The summed E-state index contributed by atoms with van der Waals surface area (Å²) in [5, 5.41) is 0.813. The van der Waals surface area contributed by atoms with Gasteiger partial charge in [-0.3, -0.25) is 4.79 Å². The van der Waals surface area contributed by atoms with E-state index in [2.05, 4.69) is 9.97 Å². The van der Waals surface area contributed by atoms with Crippen LogP contribution in [-0.2, 0) is 0 Å². The van der Waals surface area contributed by atoms with Crippen molar-refractivity contribution in [2.24, 2.45) is 0 Å². The quantitative estimate of drug-likeness (QED) is 0.610. The second-order valence-corrected chi connectivity index (χ2v) is 3.03. The fraction of sp³-hybridized carbons (Fsp3) is 0. The number of aromatic amines is 1. The van der Waals surface area contributed by atoms with Gasteiger partial charge in [0.25, 0.3) is 5.56 Å². The van der Waals surface area contributed by atoms with Gasteiger partial charge in [-0.2, -0.15) is 0 Å². The van der Waals surface area contributed by atoms with Gasteiger partial charge in [0, 0.05) is 5.02 Å². The fourth-order valence-electron chi connectivity index (χ4n) is 1.10. The molecule has 0 aliphatic heterocycles. The van der Waals surface area contributed by atoms with Crippen molar-refractivity contribution in [1.29, 1.82) is 0 Å². The molecular weight excluding hydrogens is 186 g/mol. The van der Waals surface area contributed by atoms with Crippen LogP contribution in [0.1, 0.15) is 0 Å². The molecule has 0 unspecified atom stereocenters. The lowest BCUT2D eigenvalue weighted by Gasteiger charge is -1.99. The van der Waals surface area contributed by atoms with Crippen molar-refractivity contribution in [3.05, 3.63) is 33.8 Å². The first kappa shape index (κ1) is 8.32. The Bertz CT molecular complexity index is 523. The number of nitrogens with zero attached hydrogens (tertiary/aromatic N) is 1. The number of hydrogen-bond donors (Lipinski definition) is 1. The monoisotopic (exact) mass is 190 g/mol. The van der Waals surface area contributed by atoms with Gasteiger partial charge in [-0.25, -0.2) is 4.98 Å². The number of hydrogen-bond acceptors (Lipinski definition) is 2. The first-order valence-corrected chi connectivity index (χ1v) is 3.98. The Kier molecular flexibility index (Phi) is 1.85. The number of benzene rings is 1. The van der Waals surface area contributed by atoms with Crippen LogP contribution in [0.15, 0.2) is 23.3 Å². The molecule has 13 heavy (non-hydrogen) atoms. The molecule has 3 nitrogen and oxygen atoms in total. The van der Waals surface area contributed by atoms with Crippen molar-refractivity contribution in [3.8, 4) is 0 Å².